The SMILES string of the molecule is C[Si](c1ccccc1)c1cccc2cccc([Si](C)c3ccccc3)c12. The van der Waals surface area contributed by atoms with E-state index in [4.69, 9.17) is 0 Å². The van der Waals surface area contributed by atoms with Crippen molar-refractivity contribution >= 4 is 49.1 Å². The van der Waals surface area contributed by atoms with Crippen LogP contribution in [0.4, 0.5) is 0 Å². The van der Waals surface area contributed by atoms with E-state index in [1.807, 2.05) is 0 Å². The molecule has 4 aromatic rings. The zero-order valence-electron chi connectivity index (χ0n) is 15.2. The molecule has 0 N–H and O–H groups in total. The van der Waals surface area contributed by atoms with Crippen molar-refractivity contribution < 1.29 is 0 Å². The lowest BCUT2D eigenvalue weighted by Crippen LogP contribution is -2.45. The van der Waals surface area contributed by atoms with Crippen LogP contribution in [0.25, 0.3) is 10.8 Å². The molecule has 0 fully saturated rings. The Morgan fingerprint density at radius 1 is 0.462 bits per heavy atom. The van der Waals surface area contributed by atoms with E-state index >= 15 is 0 Å². The lowest BCUT2D eigenvalue weighted by Gasteiger charge is -2.19. The van der Waals surface area contributed by atoms with Gasteiger partial charge in [-0.25, -0.2) is 0 Å². The molecular formula is C24H22Si2. The number of fused-ring (bicyclic) bond motifs is 1. The van der Waals surface area contributed by atoms with E-state index in [0.717, 1.165) is 0 Å². The number of benzene rings is 4. The molecule has 4 rings (SSSR count). The van der Waals surface area contributed by atoms with Gasteiger partial charge in [0.25, 0.3) is 0 Å². The van der Waals surface area contributed by atoms with Gasteiger partial charge in [-0.2, -0.15) is 0 Å². The van der Waals surface area contributed by atoms with Gasteiger partial charge in [-0.1, -0.05) is 121 Å². The van der Waals surface area contributed by atoms with Gasteiger partial charge in [0.15, 0.2) is 0 Å². The molecule has 0 nitrogen and oxygen atoms in total. The first-order valence-corrected chi connectivity index (χ1v) is 13.1. The molecular weight excluding hydrogens is 344 g/mol. The second-order valence-electron chi connectivity index (χ2n) is 6.69. The van der Waals surface area contributed by atoms with Gasteiger partial charge in [-0.15, -0.1) is 0 Å². The van der Waals surface area contributed by atoms with Crippen molar-refractivity contribution in [3.8, 4) is 0 Å². The van der Waals surface area contributed by atoms with E-state index in [0.29, 0.717) is 0 Å². The van der Waals surface area contributed by atoms with Crippen molar-refractivity contribution in [2.75, 3.05) is 0 Å². The summed E-state index contributed by atoms with van der Waals surface area (Å²) < 4.78 is 0. The molecule has 26 heavy (non-hydrogen) atoms. The normalized spacial score (nSPS) is 11.4. The summed E-state index contributed by atoms with van der Waals surface area (Å²) in [4.78, 5) is 0. The quantitative estimate of drug-likeness (QED) is 0.486. The summed E-state index contributed by atoms with van der Waals surface area (Å²) in [7, 11) is -1.58. The molecule has 0 heterocycles. The molecule has 2 radical (unpaired) electrons. The summed E-state index contributed by atoms with van der Waals surface area (Å²) in [5, 5.41) is 8.90. The highest BCUT2D eigenvalue weighted by molar-refractivity contribution is 6.90. The second kappa shape index (κ2) is 7.44. The smallest absolute Gasteiger partial charge is 0.0628 e. The molecule has 0 atom stereocenters. The van der Waals surface area contributed by atoms with E-state index in [1.165, 1.54) is 31.5 Å². The third-order valence-electron chi connectivity index (χ3n) is 5.13. The predicted octanol–water partition coefficient (Wildman–Crippen LogP) is 3.32. The Morgan fingerprint density at radius 3 is 1.31 bits per heavy atom. The van der Waals surface area contributed by atoms with Crippen LogP contribution in [0.2, 0.25) is 13.1 Å². The Kier molecular flexibility index (Phi) is 4.87. The number of hydrogen-bond donors (Lipinski definition) is 0. The number of hydrogen-bond acceptors (Lipinski definition) is 0. The van der Waals surface area contributed by atoms with Crippen LogP contribution >= 0.6 is 0 Å². The van der Waals surface area contributed by atoms with Crippen molar-refractivity contribution in [3.05, 3.63) is 97.1 Å². The maximum Gasteiger partial charge on any atom is 0.119 e. The van der Waals surface area contributed by atoms with Crippen LogP contribution in [0.5, 0.6) is 0 Å². The Bertz CT molecular complexity index is 930. The van der Waals surface area contributed by atoms with Gasteiger partial charge >= 0.3 is 0 Å². The molecule has 2 heteroatoms. The zero-order chi connectivity index (χ0) is 17.9. The Labute approximate surface area is 159 Å². The largest absolute Gasteiger partial charge is 0.119 e. The molecule has 0 unspecified atom stereocenters. The Hall–Kier alpha value is -2.43. The van der Waals surface area contributed by atoms with E-state index in [1.54, 1.807) is 0 Å². The fourth-order valence-corrected chi connectivity index (χ4v) is 7.79. The maximum atomic E-state index is 2.43. The van der Waals surface area contributed by atoms with Crippen LogP contribution < -0.4 is 20.7 Å². The van der Waals surface area contributed by atoms with Crippen LogP contribution in [-0.4, -0.2) is 17.6 Å². The third-order valence-corrected chi connectivity index (χ3v) is 9.97. The zero-order valence-corrected chi connectivity index (χ0v) is 17.2. The first kappa shape index (κ1) is 17.0. The summed E-state index contributed by atoms with van der Waals surface area (Å²) >= 11 is 0. The molecule has 0 saturated heterocycles. The van der Waals surface area contributed by atoms with Crippen LogP contribution in [-0.2, 0) is 0 Å². The number of rotatable bonds is 4. The van der Waals surface area contributed by atoms with E-state index in [2.05, 4.69) is 110 Å². The topological polar surface area (TPSA) is 0 Å². The van der Waals surface area contributed by atoms with E-state index in [9.17, 15) is 0 Å². The van der Waals surface area contributed by atoms with Gasteiger partial charge < -0.3 is 0 Å². The van der Waals surface area contributed by atoms with Gasteiger partial charge in [-0.05, 0) is 21.1 Å². The molecule has 0 aliphatic rings. The standard InChI is InChI=1S/C24H22Si2/c1-25(20-13-5-3-6-14-20)22-17-9-11-19-12-10-18-23(24(19)22)26(2)21-15-7-4-8-16-21/h3-18H,1-2H3. The monoisotopic (exact) mass is 366 g/mol. The fourth-order valence-electron chi connectivity index (χ4n) is 3.65. The van der Waals surface area contributed by atoms with Gasteiger partial charge in [0.05, 0.1) is 0 Å². The van der Waals surface area contributed by atoms with Crippen LogP contribution in [0, 0.1) is 0 Å². The van der Waals surface area contributed by atoms with Crippen LogP contribution in [0.1, 0.15) is 0 Å². The summed E-state index contributed by atoms with van der Waals surface area (Å²) in [5.74, 6) is 0. The minimum Gasteiger partial charge on any atom is -0.0628 e. The van der Waals surface area contributed by atoms with Crippen molar-refractivity contribution in [2.24, 2.45) is 0 Å². The van der Waals surface area contributed by atoms with E-state index < -0.39 is 17.6 Å². The summed E-state index contributed by atoms with van der Waals surface area (Å²) in [6.07, 6.45) is 0. The molecule has 0 bridgehead atoms. The minimum absolute atomic E-state index is 0.790. The first-order valence-electron chi connectivity index (χ1n) is 9.06. The molecule has 0 spiro atoms. The molecule has 0 amide bonds. The summed E-state index contributed by atoms with van der Waals surface area (Å²) in [6, 6.07) is 35.7. The minimum atomic E-state index is -0.790. The van der Waals surface area contributed by atoms with Gasteiger partial charge in [-0.3, -0.25) is 0 Å². The summed E-state index contributed by atoms with van der Waals surface area (Å²) in [5.41, 5.74) is 0. The Balaban J connectivity index is 1.90. The highest BCUT2D eigenvalue weighted by atomic mass is 28.3. The third kappa shape index (κ3) is 3.18. The average molecular weight is 367 g/mol. The van der Waals surface area contributed by atoms with Crippen LogP contribution in [0.15, 0.2) is 97.1 Å². The lowest BCUT2D eigenvalue weighted by atomic mass is 10.1. The van der Waals surface area contributed by atoms with Crippen molar-refractivity contribution in [1.82, 2.24) is 0 Å². The highest BCUT2D eigenvalue weighted by Gasteiger charge is 2.19. The van der Waals surface area contributed by atoms with Crippen molar-refractivity contribution in [2.45, 2.75) is 13.1 Å². The van der Waals surface area contributed by atoms with Crippen molar-refractivity contribution in [3.63, 3.8) is 0 Å². The van der Waals surface area contributed by atoms with E-state index in [-0.39, 0.29) is 0 Å². The molecule has 0 aromatic heterocycles. The lowest BCUT2D eigenvalue weighted by molar-refractivity contribution is 1.73. The summed E-state index contributed by atoms with van der Waals surface area (Å²) in [6.45, 7) is 4.85. The van der Waals surface area contributed by atoms with Gasteiger partial charge in [0.2, 0.25) is 0 Å². The average Bonchev–Trinajstić information content (AvgIpc) is 2.73. The van der Waals surface area contributed by atoms with Gasteiger partial charge in [0.1, 0.15) is 17.6 Å². The molecule has 0 saturated carbocycles. The van der Waals surface area contributed by atoms with Crippen molar-refractivity contribution in [1.29, 1.82) is 0 Å². The first-order chi connectivity index (χ1) is 12.8. The second-order valence-corrected chi connectivity index (χ2v) is 11.4. The van der Waals surface area contributed by atoms with Crippen LogP contribution in [0.3, 0.4) is 0 Å². The molecule has 4 aromatic carbocycles. The molecule has 0 aliphatic heterocycles. The van der Waals surface area contributed by atoms with Gasteiger partial charge in [0, 0.05) is 0 Å². The molecule has 0 aliphatic carbocycles. The predicted molar refractivity (Wildman–Crippen MR) is 119 cm³/mol. The highest BCUT2D eigenvalue weighted by Crippen LogP contribution is 2.12. The fraction of sp³-hybridized carbons (Fsp3) is 0.0833. The molecule has 126 valence electrons. The maximum absolute atomic E-state index is 2.43. The Morgan fingerprint density at radius 2 is 0.885 bits per heavy atom.